The van der Waals surface area contributed by atoms with E-state index in [9.17, 15) is 9.59 Å². The lowest BCUT2D eigenvalue weighted by Crippen LogP contribution is -2.51. The Hall–Kier alpha value is -2.12. The highest BCUT2D eigenvalue weighted by atomic mass is 16.5. The molecule has 2 amide bonds. The smallest absolute Gasteiger partial charge is 0.248 e. The number of nitrogens with two attached hydrogens (primary N) is 3. The van der Waals surface area contributed by atoms with E-state index in [1.54, 1.807) is 12.1 Å². The molecule has 1 aromatic carbocycles. The average Bonchev–Trinajstić information content (AvgIpc) is 2.41. The monoisotopic (exact) mass is 278 g/mol. The van der Waals surface area contributed by atoms with E-state index in [2.05, 4.69) is 0 Å². The van der Waals surface area contributed by atoms with E-state index in [4.69, 9.17) is 21.9 Å². The molecule has 0 aromatic heterocycles. The van der Waals surface area contributed by atoms with Gasteiger partial charge in [0, 0.05) is 24.3 Å². The van der Waals surface area contributed by atoms with E-state index >= 15 is 0 Å². The van der Waals surface area contributed by atoms with Gasteiger partial charge in [0.05, 0.1) is 13.2 Å². The predicted octanol–water partition coefficient (Wildman–Crippen LogP) is -0.946. The first-order chi connectivity index (χ1) is 9.49. The van der Waals surface area contributed by atoms with Gasteiger partial charge in [-0.2, -0.15) is 0 Å². The van der Waals surface area contributed by atoms with Gasteiger partial charge in [-0.25, -0.2) is 0 Å². The molecule has 1 aliphatic rings. The predicted molar refractivity (Wildman–Crippen MR) is 73.6 cm³/mol. The van der Waals surface area contributed by atoms with Crippen molar-refractivity contribution < 1.29 is 14.3 Å². The van der Waals surface area contributed by atoms with E-state index in [0.717, 1.165) is 5.56 Å². The Balaban J connectivity index is 2.16. The molecule has 1 saturated heterocycles. The van der Waals surface area contributed by atoms with Crippen molar-refractivity contribution in [3.8, 4) is 0 Å². The third kappa shape index (κ3) is 3.06. The second-order valence-corrected chi connectivity index (χ2v) is 4.74. The van der Waals surface area contributed by atoms with Crippen molar-refractivity contribution in [1.29, 1.82) is 0 Å². The van der Waals surface area contributed by atoms with Gasteiger partial charge in [-0.15, -0.1) is 0 Å². The number of benzene rings is 1. The standard InChI is InChI=1S/C13H18N4O3/c14-10-5-8(12(15)18)1-2-9(10)6-17-3-4-20-7-11(17)13(16)19/h1-2,5,11H,3-4,6-7,14H2,(H2,15,18)(H2,16,19). The van der Waals surface area contributed by atoms with E-state index in [1.165, 1.54) is 6.07 Å². The average molecular weight is 278 g/mol. The van der Waals surface area contributed by atoms with E-state index in [1.807, 2.05) is 4.90 Å². The molecule has 1 aliphatic heterocycles. The molecule has 1 fully saturated rings. The van der Waals surface area contributed by atoms with E-state index in [-0.39, 0.29) is 6.61 Å². The number of hydrogen-bond acceptors (Lipinski definition) is 5. The minimum absolute atomic E-state index is 0.286. The lowest BCUT2D eigenvalue weighted by atomic mass is 10.1. The van der Waals surface area contributed by atoms with Gasteiger partial charge in [0.15, 0.2) is 0 Å². The molecule has 2 rings (SSSR count). The van der Waals surface area contributed by atoms with Crippen LogP contribution in [-0.4, -0.2) is 42.5 Å². The molecule has 1 heterocycles. The summed E-state index contributed by atoms with van der Waals surface area (Å²) in [7, 11) is 0. The quantitative estimate of drug-likeness (QED) is 0.613. The van der Waals surface area contributed by atoms with Crippen LogP contribution in [0.2, 0.25) is 0 Å². The fraction of sp³-hybridized carbons (Fsp3) is 0.385. The lowest BCUT2D eigenvalue weighted by Gasteiger charge is -2.33. The van der Waals surface area contributed by atoms with Crippen molar-refractivity contribution in [2.45, 2.75) is 12.6 Å². The Morgan fingerprint density at radius 2 is 2.10 bits per heavy atom. The fourth-order valence-corrected chi connectivity index (χ4v) is 2.20. The Labute approximate surface area is 116 Å². The largest absolute Gasteiger partial charge is 0.398 e. The molecule has 7 nitrogen and oxygen atoms in total. The molecule has 0 aliphatic carbocycles. The number of nitrogens with zero attached hydrogens (tertiary/aromatic N) is 1. The minimum Gasteiger partial charge on any atom is -0.398 e. The molecule has 1 aromatic rings. The summed E-state index contributed by atoms with van der Waals surface area (Å²) in [5.41, 5.74) is 18.1. The van der Waals surface area contributed by atoms with Crippen LogP contribution in [0.5, 0.6) is 0 Å². The number of anilines is 1. The molecule has 0 spiro atoms. The van der Waals surface area contributed by atoms with Gasteiger partial charge in [0.2, 0.25) is 11.8 Å². The molecular weight excluding hydrogens is 260 g/mol. The van der Waals surface area contributed by atoms with E-state index < -0.39 is 17.9 Å². The van der Waals surface area contributed by atoms with Crippen molar-refractivity contribution in [1.82, 2.24) is 4.90 Å². The summed E-state index contributed by atoms with van der Waals surface area (Å²) in [6.07, 6.45) is 0. The molecular formula is C13H18N4O3. The maximum absolute atomic E-state index is 11.4. The number of nitrogen functional groups attached to an aromatic ring is 1. The van der Waals surface area contributed by atoms with Crippen molar-refractivity contribution in [2.24, 2.45) is 11.5 Å². The van der Waals surface area contributed by atoms with Gasteiger partial charge in [-0.1, -0.05) is 6.07 Å². The van der Waals surface area contributed by atoms with Gasteiger partial charge in [0.1, 0.15) is 6.04 Å². The number of ether oxygens (including phenoxy) is 1. The number of amides is 2. The molecule has 7 heteroatoms. The SMILES string of the molecule is NC(=O)c1ccc(CN2CCOCC2C(N)=O)c(N)c1. The summed E-state index contributed by atoms with van der Waals surface area (Å²) in [6, 6.07) is 4.44. The first kappa shape index (κ1) is 14.3. The number of carbonyl (C=O) groups excluding carboxylic acids is 2. The number of morpholine rings is 1. The second kappa shape index (κ2) is 5.89. The van der Waals surface area contributed by atoms with Crippen molar-refractivity contribution in [3.05, 3.63) is 29.3 Å². The second-order valence-electron chi connectivity index (χ2n) is 4.74. The first-order valence-corrected chi connectivity index (χ1v) is 6.28. The van der Waals surface area contributed by atoms with Crippen LogP contribution in [0.1, 0.15) is 15.9 Å². The molecule has 20 heavy (non-hydrogen) atoms. The van der Waals surface area contributed by atoms with Crippen LogP contribution in [0.25, 0.3) is 0 Å². The van der Waals surface area contributed by atoms with Crippen LogP contribution >= 0.6 is 0 Å². The van der Waals surface area contributed by atoms with Gasteiger partial charge >= 0.3 is 0 Å². The Bertz CT molecular complexity index is 532. The van der Waals surface area contributed by atoms with Crippen LogP contribution in [0.4, 0.5) is 5.69 Å². The van der Waals surface area contributed by atoms with Crippen LogP contribution in [0.3, 0.4) is 0 Å². The van der Waals surface area contributed by atoms with Crippen LogP contribution in [0, 0.1) is 0 Å². The highest BCUT2D eigenvalue weighted by molar-refractivity contribution is 5.93. The molecule has 1 atom stereocenters. The summed E-state index contributed by atoms with van der Waals surface area (Å²) < 4.78 is 5.26. The normalized spacial score (nSPS) is 19.7. The van der Waals surface area contributed by atoms with Gasteiger partial charge < -0.3 is 21.9 Å². The maximum Gasteiger partial charge on any atom is 0.248 e. The van der Waals surface area contributed by atoms with E-state index in [0.29, 0.717) is 30.9 Å². The number of hydrogen-bond donors (Lipinski definition) is 3. The third-order valence-corrected chi connectivity index (χ3v) is 3.37. The summed E-state index contributed by atoms with van der Waals surface area (Å²) >= 11 is 0. The van der Waals surface area contributed by atoms with Crippen LogP contribution < -0.4 is 17.2 Å². The van der Waals surface area contributed by atoms with Crippen LogP contribution in [-0.2, 0) is 16.1 Å². The summed E-state index contributed by atoms with van der Waals surface area (Å²) in [4.78, 5) is 24.4. The van der Waals surface area contributed by atoms with Crippen molar-refractivity contribution >= 4 is 17.5 Å². The van der Waals surface area contributed by atoms with Crippen LogP contribution in [0.15, 0.2) is 18.2 Å². The van der Waals surface area contributed by atoms with Crippen molar-refractivity contribution in [3.63, 3.8) is 0 Å². The summed E-state index contributed by atoms with van der Waals surface area (Å²) in [5, 5.41) is 0. The Morgan fingerprint density at radius 3 is 2.70 bits per heavy atom. The highest BCUT2D eigenvalue weighted by Gasteiger charge is 2.27. The molecule has 6 N–H and O–H groups in total. The topological polar surface area (TPSA) is 125 Å². The van der Waals surface area contributed by atoms with Crippen molar-refractivity contribution in [2.75, 3.05) is 25.5 Å². The zero-order chi connectivity index (χ0) is 14.7. The zero-order valence-corrected chi connectivity index (χ0v) is 11.0. The minimum atomic E-state index is -0.523. The van der Waals surface area contributed by atoms with Gasteiger partial charge in [-0.3, -0.25) is 14.5 Å². The molecule has 0 saturated carbocycles. The third-order valence-electron chi connectivity index (χ3n) is 3.37. The summed E-state index contributed by atoms with van der Waals surface area (Å²) in [6.45, 7) is 1.91. The zero-order valence-electron chi connectivity index (χ0n) is 11.0. The molecule has 1 unspecified atom stereocenters. The van der Waals surface area contributed by atoms with Gasteiger partial charge in [0.25, 0.3) is 0 Å². The Kier molecular flexibility index (Phi) is 4.21. The van der Waals surface area contributed by atoms with Gasteiger partial charge in [-0.05, 0) is 17.7 Å². The fourth-order valence-electron chi connectivity index (χ4n) is 2.20. The molecule has 0 radical (unpaired) electrons. The highest BCUT2D eigenvalue weighted by Crippen LogP contribution is 2.19. The maximum atomic E-state index is 11.4. The molecule has 0 bridgehead atoms. The Morgan fingerprint density at radius 1 is 1.35 bits per heavy atom. The number of primary amides is 2. The number of carbonyl (C=O) groups is 2. The summed E-state index contributed by atoms with van der Waals surface area (Å²) in [5.74, 6) is -0.943. The lowest BCUT2D eigenvalue weighted by molar-refractivity contribution is -0.129. The molecule has 108 valence electrons. The number of rotatable bonds is 4. The first-order valence-electron chi connectivity index (χ1n) is 6.28.